The first-order chi connectivity index (χ1) is 8.70. The summed E-state index contributed by atoms with van der Waals surface area (Å²) in [6.45, 7) is 2.72. The van der Waals surface area contributed by atoms with Gasteiger partial charge in [0, 0.05) is 24.6 Å². The summed E-state index contributed by atoms with van der Waals surface area (Å²) in [5, 5.41) is 3.97. The van der Waals surface area contributed by atoms with Gasteiger partial charge in [-0.15, -0.1) is 0 Å². The van der Waals surface area contributed by atoms with Crippen molar-refractivity contribution in [3.05, 3.63) is 24.3 Å². The van der Waals surface area contributed by atoms with Gasteiger partial charge in [-0.2, -0.15) is 0 Å². The van der Waals surface area contributed by atoms with E-state index in [0.717, 1.165) is 6.26 Å². The molecule has 19 heavy (non-hydrogen) atoms. The Morgan fingerprint density at radius 2 is 1.47 bits per heavy atom. The van der Waals surface area contributed by atoms with E-state index in [4.69, 9.17) is 0 Å². The van der Waals surface area contributed by atoms with Crippen LogP contribution in [-0.4, -0.2) is 31.7 Å². The number of rotatable bonds is 4. The number of hydrogen-bond acceptors (Lipinski definition) is 4. The van der Waals surface area contributed by atoms with Crippen molar-refractivity contribution in [1.29, 1.82) is 0 Å². The predicted octanol–water partition coefficient (Wildman–Crippen LogP) is 1.02. The summed E-state index contributed by atoms with van der Waals surface area (Å²) in [5.41, 5.74) is 1.07. The molecule has 1 atom stereocenters. The van der Waals surface area contributed by atoms with Crippen LogP contribution in [0.4, 0.5) is 11.4 Å². The van der Waals surface area contributed by atoms with Crippen molar-refractivity contribution in [2.45, 2.75) is 19.1 Å². The van der Waals surface area contributed by atoms with Crippen LogP contribution in [0.1, 0.15) is 13.8 Å². The highest BCUT2D eigenvalue weighted by molar-refractivity contribution is 7.92. The summed E-state index contributed by atoms with van der Waals surface area (Å²) in [7, 11) is -3.42. The van der Waals surface area contributed by atoms with Gasteiger partial charge < -0.3 is 10.6 Å². The molecule has 0 aliphatic heterocycles. The lowest BCUT2D eigenvalue weighted by Gasteiger charge is -2.11. The van der Waals surface area contributed by atoms with Crippen molar-refractivity contribution < 1.29 is 18.0 Å². The lowest BCUT2D eigenvalue weighted by atomic mass is 10.2. The number of carbonyl (C=O) groups is 2. The molecule has 0 fully saturated rings. The molecule has 0 heterocycles. The molecule has 1 aromatic rings. The fourth-order valence-corrected chi connectivity index (χ4v) is 1.73. The molecule has 104 valence electrons. The Balaban J connectivity index is 2.73. The minimum absolute atomic E-state index is 0.192. The van der Waals surface area contributed by atoms with Crippen LogP contribution >= 0.6 is 0 Å². The Kier molecular flexibility index (Phi) is 4.66. The number of nitrogens with one attached hydrogen (secondary N) is 2. The van der Waals surface area contributed by atoms with Crippen molar-refractivity contribution in [3.63, 3.8) is 0 Å². The maximum absolute atomic E-state index is 11.7. The van der Waals surface area contributed by atoms with Gasteiger partial charge in [0.25, 0.3) is 0 Å². The van der Waals surface area contributed by atoms with Crippen LogP contribution in [0.5, 0.6) is 0 Å². The van der Waals surface area contributed by atoms with E-state index in [-0.39, 0.29) is 5.91 Å². The van der Waals surface area contributed by atoms with E-state index in [2.05, 4.69) is 10.6 Å². The highest BCUT2D eigenvalue weighted by Gasteiger charge is 2.23. The van der Waals surface area contributed by atoms with Gasteiger partial charge in [-0.3, -0.25) is 9.59 Å². The molecule has 0 bridgehead atoms. The summed E-state index contributed by atoms with van der Waals surface area (Å²) < 4.78 is 22.5. The molecule has 0 saturated heterocycles. The SMILES string of the molecule is CC(=O)Nc1ccc(NC(=O)C(C)S(C)(=O)=O)cc1. The maximum atomic E-state index is 11.7. The first-order valence-corrected chi connectivity index (χ1v) is 7.53. The van der Waals surface area contributed by atoms with E-state index in [1.165, 1.54) is 13.8 Å². The fraction of sp³-hybridized carbons (Fsp3) is 0.333. The Bertz CT molecular complexity index is 578. The lowest BCUT2D eigenvalue weighted by molar-refractivity contribution is -0.116. The molecule has 1 unspecified atom stereocenters. The molecular weight excluding hydrogens is 268 g/mol. The third kappa shape index (κ3) is 4.70. The van der Waals surface area contributed by atoms with Crippen LogP contribution in [0, 0.1) is 0 Å². The number of carbonyl (C=O) groups excluding carboxylic acids is 2. The summed E-state index contributed by atoms with van der Waals surface area (Å²) in [5.74, 6) is -0.780. The van der Waals surface area contributed by atoms with E-state index >= 15 is 0 Å². The molecule has 2 N–H and O–H groups in total. The molecule has 1 rings (SSSR count). The average Bonchev–Trinajstić information content (AvgIpc) is 2.28. The van der Waals surface area contributed by atoms with Crippen molar-refractivity contribution in [2.75, 3.05) is 16.9 Å². The van der Waals surface area contributed by atoms with Gasteiger partial charge in [0.05, 0.1) is 0 Å². The lowest BCUT2D eigenvalue weighted by Crippen LogP contribution is -2.31. The maximum Gasteiger partial charge on any atom is 0.242 e. The van der Waals surface area contributed by atoms with Crippen LogP contribution in [-0.2, 0) is 19.4 Å². The van der Waals surface area contributed by atoms with Gasteiger partial charge in [-0.05, 0) is 31.2 Å². The number of benzene rings is 1. The van der Waals surface area contributed by atoms with Crippen molar-refractivity contribution in [1.82, 2.24) is 0 Å². The van der Waals surface area contributed by atoms with Crippen LogP contribution in [0.25, 0.3) is 0 Å². The molecule has 0 radical (unpaired) electrons. The standard InChI is InChI=1S/C12H16N2O4S/c1-8(19(3,17)18)12(16)14-11-6-4-10(5-7-11)13-9(2)15/h4-8H,1-3H3,(H,13,15)(H,14,16). The summed E-state index contributed by atoms with van der Waals surface area (Å²) >= 11 is 0. The van der Waals surface area contributed by atoms with Gasteiger partial charge >= 0.3 is 0 Å². The average molecular weight is 284 g/mol. The second-order valence-electron chi connectivity index (χ2n) is 4.22. The van der Waals surface area contributed by atoms with Gasteiger partial charge in [-0.25, -0.2) is 8.42 Å². The van der Waals surface area contributed by atoms with Gasteiger partial charge in [0.15, 0.2) is 9.84 Å². The minimum atomic E-state index is -3.42. The zero-order valence-electron chi connectivity index (χ0n) is 10.9. The summed E-state index contributed by atoms with van der Waals surface area (Å²) in [4.78, 5) is 22.5. The number of anilines is 2. The number of hydrogen-bond donors (Lipinski definition) is 2. The van der Waals surface area contributed by atoms with E-state index in [9.17, 15) is 18.0 Å². The molecule has 6 nitrogen and oxygen atoms in total. The van der Waals surface area contributed by atoms with Crippen molar-refractivity contribution in [3.8, 4) is 0 Å². The van der Waals surface area contributed by atoms with Gasteiger partial charge in [0.2, 0.25) is 11.8 Å². The molecule has 7 heteroatoms. The molecular formula is C12H16N2O4S. The number of amides is 2. The van der Waals surface area contributed by atoms with E-state index in [1.54, 1.807) is 24.3 Å². The topological polar surface area (TPSA) is 92.3 Å². The predicted molar refractivity (Wildman–Crippen MR) is 73.7 cm³/mol. The van der Waals surface area contributed by atoms with Gasteiger partial charge in [0.1, 0.15) is 5.25 Å². The van der Waals surface area contributed by atoms with E-state index in [1.807, 2.05) is 0 Å². The molecule has 0 aliphatic rings. The second kappa shape index (κ2) is 5.83. The first-order valence-electron chi connectivity index (χ1n) is 5.57. The Morgan fingerprint density at radius 1 is 1.05 bits per heavy atom. The zero-order chi connectivity index (χ0) is 14.6. The monoisotopic (exact) mass is 284 g/mol. The first kappa shape index (κ1) is 15.2. The Morgan fingerprint density at radius 3 is 1.84 bits per heavy atom. The Hall–Kier alpha value is -1.89. The molecule has 0 saturated carbocycles. The highest BCUT2D eigenvalue weighted by Crippen LogP contribution is 2.14. The van der Waals surface area contributed by atoms with Gasteiger partial charge in [-0.1, -0.05) is 0 Å². The second-order valence-corrected chi connectivity index (χ2v) is 6.59. The zero-order valence-corrected chi connectivity index (χ0v) is 11.7. The molecule has 0 spiro atoms. The third-order valence-corrected chi connectivity index (χ3v) is 3.98. The summed E-state index contributed by atoms with van der Waals surface area (Å²) in [6.07, 6.45) is 1.01. The normalized spacial score (nSPS) is 12.6. The van der Waals surface area contributed by atoms with Crippen molar-refractivity contribution in [2.24, 2.45) is 0 Å². The Labute approximate surface area is 112 Å². The summed E-state index contributed by atoms with van der Waals surface area (Å²) in [6, 6.07) is 6.39. The van der Waals surface area contributed by atoms with Crippen LogP contribution in [0.3, 0.4) is 0 Å². The molecule has 1 aromatic carbocycles. The fourth-order valence-electron chi connectivity index (χ4n) is 1.28. The number of sulfone groups is 1. The van der Waals surface area contributed by atoms with E-state index in [0.29, 0.717) is 11.4 Å². The molecule has 2 amide bonds. The third-order valence-electron chi connectivity index (χ3n) is 2.48. The van der Waals surface area contributed by atoms with Crippen LogP contribution in [0.15, 0.2) is 24.3 Å². The quantitative estimate of drug-likeness (QED) is 0.863. The minimum Gasteiger partial charge on any atom is -0.326 e. The smallest absolute Gasteiger partial charge is 0.242 e. The van der Waals surface area contributed by atoms with E-state index < -0.39 is 21.0 Å². The molecule has 0 aromatic heterocycles. The highest BCUT2D eigenvalue weighted by atomic mass is 32.2. The van der Waals surface area contributed by atoms with Crippen LogP contribution in [0.2, 0.25) is 0 Å². The molecule has 0 aliphatic carbocycles. The largest absolute Gasteiger partial charge is 0.326 e. The van der Waals surface area contributed by atoms with Crippen LogP contribution < -0.4 is 10.6 Å². The van der Waals surface area contributed by atoms with Crippen molar-refractivity contribution >= 4 is 33.0 Å².